The third-order valence-electron chi connectivity index (χ3n) is 2.40. The topological polar surface area (TPSA) is 81.7 Å². The Morgan fingerprint density at radius 3 is 2.29 bits per heavy atom. The summed E-state index contributed by atoms with van der Waals surface area (Å²) in [4.78, 5) is 21.9. The van der Waals surface area contributed by atoms with Gasteiger partial charge in [-0.25, -0.2) is 9.80 Å². The van der Waals surface area contributed by atoms with E-state index in [4.69, 9.17) is 5.11 Å². The Kier molecular flexibility index (Phi) is 7.29. The third kappa shape index (κ3) is 8.50. The summed E-state index contributed by atoms with van der Waals surface area (Å²) in [6.07, 6.45) is 2.20. The van der Waals surface area contributed by atoms with Gasteiger partial charge in [-0.15, -0.1) is 0 Å². The normalized spacial score (nSPS) is 14.2. The Morgan fingerprint density at radius 2 is 1.82 bits per heavy atom. The Bertz CT molecular complexity index is 256. The molecule has 0 aromatic heterocycles. The van der Waals surface area contributed by atoms with Crippen LogP contribution in [0, 0.1) is 5.92 Å². The Hall–Kier alpha value is -1.30. The fourth-order valence-electron chi connectivity index (χ4n) is 1.39. The predicted molar refractivity (Wildman–Crippen MR) is 65.5 cm³/mol. The first-order chi connectivity index (χ1) is 7.82. The number of carbonyl (C=O) groups is 2. The van der Waals surface area contributed by atoms with Gasteiger partial charge in [0.25, 0.3) is 0 Å². The van der Waals surface area contributed by atoms with Crippen molar-refractivity contribution in [3.63, 3.8) is 0 Å². The minimum absolute atomic E-state index is 0.0379. The first-order valence-corrected chi connectivity index (χ1v) is 5.80. The number of nitrogens with zero attached hydrogens (tertiary/aromatic N) is 1. The molecule has 0 saturated heterocycles. The first-order valence-electron chi connectivity index (χ1n) is 5.80. The molecule has 2 atom stereocenters. The van der Waals surface area contributed by atoms with Gasteiger partial charge in [-0.1, -0.05) is 13.3 Å². The summed E-state index contributed by atoms with van der Waals surface area (Å²) in [5, 5.41) is 13.0. The lowest BCUT2D eigenvalue weighted by Crippen LogP contribution is -2.46. The van der Waals surface area contributed by atoms with E-state index in [9.17, 15) is 9.59 Å². The maximum atomic E-state index is 11.3. The van der Waals surface area contributed by atoms with Crippen LogP contribution in [-0.2, 0) is 4.79 Å². The second-order valence-corrected chi connectivity index (χ2v) is 4.55. The van der Waals surface area contributed by atoms with Crippen LogP contribution in [0.1, 0.15) is 33.1 Å². The molecule has 0 aromatic rings. The van der Waals surface area contributed by atoms with Crippen LogP contribution in [0.25, 0.3) is 0 Å². The van der Waals surface area contributed by atoms with Crippen molar-refractivity contribution >= 4 is 12.0 Å². The molecule has 0 rings (SSSR count). The van der Waals surface area contributed by atoms with Crippen molar-refractivity contribution in [1.82, 2.24) is 15.8 Å². The zero-order valence-corrected chi connectivity index (χ0v) is 11.0. The molecule has 0 spiro atoms. The van der Waals surface area contributed by atoms with Crippen molar-refractivity contribution in [3.05, 3.63) is 0 Å². The SMILES string of the molecule is CC(CCCC(C)C(=O)O)NC(=O)NN(C)C. The number of nitrogens with one attached hydrogen (secondary N) is 2. The van der Waals surface area contributed by atoms with E-state index in [1.807, 2.05) is 6.92 Å². The Labute approximate surface area is 102 Å². The van der Waals surface area contributed by atoms with Crippen LogP contribution >= 0.6 is 0 Å². The van der Waals surface area contributed by atoms with E-state index in [1.165, 1.54) is 0 Å². The van der Waals surface area contributed by atoms with Crippen molar-refractivity contribution in [2.24, 2.45) is 5.92 Å². The Balaban J connectivity index is 3.69. The van der Waals surface area contributed by atoms with Crippen molar-refractivity contribution in [1.29, 1.82) is 0 Å². The highest BCUT2D eigenvalue weighted by molar-refractivity contribution is 5.73. The summed E-state index contributed by atoms with van der Waals surface area (Å²) < 4.78 is 0. The second-order valence-electron chi connectivity index (χ2n) is 4.55. The zero-order valence-electron chi connectivity index (χ0n) is 11.0. The van der Waals surface area contributed by atoms with E-state index >= 15 is 0 Å². The van der Waals surface area contributed by atoms with Crippen LogP contribution in [-0.4, -0.2) is 42.3 Å². The van der Waals surface area contributed by atoms with Crippen LogP contribution < -0.4 is 10.7 Å². The highest BCUT2D eigenvalue weighted by Gasteiger charge is 2.12. The maximum Gasteiger partial charge on any atom is 0.329 e. The second kappa shape index (κ2) is 7.89. The van der Waals surface area contributed by atoms with E-state index in [0.29, 0.717) is 6.42 Å². The van der Waals surface area contributed by atoms with Crippen LogP contribution in [0.15, 0.2) is 0 Å². The van der Waals surface area contributed by atoms with E-state index in [1.54, 1.807) is 26.0 Å². The molecular weight excluding hydrogens is 222 g/mol. The number of rotatable bonds is 7. The first kappa shape index (κ1) is 15.7. The summed E-state index contributed by atoms with van der Waals surface area (Å²) in [5.74, 6) is -1.09. The zero-order chi connectivity index (χ0) is 13.4. The van der Waals surface area contributed by atoms with Gasteiger partial charge in [0.05, 0.1) is 5.92 Å². The van der Waals surface area contributed by atoms with Gasteiger partial charge in [0.1, 0.15) is 0 Å². The van der Waals surface area contributed by atoms with Gasteiger partial charge in [0, 0.05) is 20.1 Å². The summed E-state index contributed by atoms with van der Waals surface area (Å²) >= 11 is 0. The molecule has 0 aliphatic rings. The molecular formula is C11H23N3O3. The van der Waals surface area contributed by atoms with Crippen molar-refractivity contribution in [2.45, 2.75) is 39.2 Å². The molecule has 3 N–H and O–H groups in total. The minimum Gasteiger partial charge on any atom is -0.481 e. The molecule has 6 nitrogen and oxygen atoms in total. The number of carboxylic acids is 1. The monoisotopic (exact) mass is 245 g/mol. The third-order valence-corrected chi connectivity index (χ3v) is 2.40. The molecule has 2 amide bonds. The van der Waals surface area contributed by atoms with Gasteiger partial charge < -0.3 is 10.4 Å². The van der Waals surface area contributed by atoms with Crippen LogP contribution in [0.4, 0.5) is 4.79 Å². The number of hydrogen-bond acceptors (Lipinski definition) is 3. The average Bonchev–Trinajstić information content (AvgIpc) is 2.15. The van der Waals surface area contributed by atoms with E-state index in [0.717, 1.165) is 12.8 Å². The lowest BCUT2D eigenvalue weighted by molar-refractivity contribution is -0.141. The van der Waals surface area contributed by atoms with Gasteiger partial charge in [0.2, 0.25) is 0 Å². The van der Waals surface area contributed by atoms with Crippen LogP contribution in [0.2, 0.25) is 0 Å². The molecule has 0 heterocycles. The summed E-state index contributed by atoms with van der Waals surface area (Å²) in [7, 11) is 3.47. The van der Waals surface area contributed by atoms with Crippen molar-refractivity contribution < 1.29 is 14.7 Å². The summed E-state index contributed by atoms with van der Waals surface area (Å²) in [5.41, 5.74) is 2.58. The number of carbonyl (C=O) groups excluding carboxylic acids is 1. The van der Waals surface area contributed by atoms with Crippen LogP contribution in [0.5, 0.6) is 0 Å². The minimum atomic E-state index is -0.768. The number of hydrazine groups is 1. The molecule has 2 unspecified atom stereocenters. The lowest BCUT2D eigenvalue weighted by atomic mass is 10.0. The molecule has 0 fully saturated rings. The Morgan fingerprint density at radius 1 is 1.24 bits per heavy atom. The van der Waals surface area contributed by atoms with Gasteiger partial charge >= 0.3 is 12.0 Å². The number of hydrogen-bond donors (Lipinski definition) is 3. The number of amides is 2. The van der Waals surface area contributed by atoms with Gasteiger partial charge in [-0.3, -0.25) is 10.2 Å². The number of aliphatic carboxylic acids is 1. The summed E-state index contributed by atoms with van der Waals surface area (Å²) in [6, 6.07) is -0.204. The predicted octanol–water partition coefficient (Wildman–Crippen LogP) is 1.04. The number of carboxylic acid groups (broad SMARTS) is 1. The molecule has 0 aliphatic heterocycles. The fraction of sp³-hybridized carbons (Fsp3) is 0.818. The van der Waals surface area contributed by atoms with Gasteiger partial charge in [-0.2, -0.15) is 0 Å². The molecule has 100 valence electrons. The molecule has 0 aromatic carbocycles. The largest absolute Gasteiger partial charge is 0.481 e. The molecule has 0 saturated carbocycles. The molecule has 17 heavy (non-hydrogen) atoms. The average molecular weight is 245 g/mol. The highest BCUT2D eigenvalue weighted by Crippen LogP contribution is 2.09. The standard InChI is InChI=1S/C11H23N3O3/c1-8(10(15)16)6-5-7-9(2)12-11(17)13-14(3)4/h8-9H,5-7H2,1-4H3,(H,15,16)(H2,12,13,17). The van der Waals surface area contributed by atoms with E-state index < -0.39 is 5.97 Å². The summed E-state index contributed by atoms with van der Waals surface area (Å²) in [6.45, 7) is 3.60. The van der Waals surface area contributed by atoms with E-state index in [-0.39, 0.29) is 18.0 Å². The van der Waals surface area contributed by atoms with E-state index in [2.05, 4.69) is 10.7 Å². The maximum absolute atomic E-state index is 11.3. The number of urea groups is 1. The molecule has 0 radical (unpaired) electrons. The highest BCUT2D eigenvalue weighted by atomic mass is 16.4. The molecule has 0 aliphatic carbocycles. The fourth-order valence-corrected chi connectivity index (χ4v) is 1.39. The smallest absolute Gasteiger partial charge is 0.329 e. The van der Waals surface area contributed by atoms with Crippen molar-refractivity contribution in [2.75, 3.05) is 14.1 Å². The van der Waals surface area contributed by atoms with Crippen molar-refractivity contribution in [3.8, 4) is 0 Å². The van der Waals surface area contributed by atoms with Crippen LogP contribution in [0.3, 0.4) is 0 Å². The quantitative estimate of drug-likeness (QED) is 0.585. The molecule has 6 heteroatoms. The van der Waals surface area contributed by atoms with Gasteiger partial charge in [0.15, 0.2) is 0 Å². The molecule has 0 bridgehead atoms. The lowest BCUT2D eigenvalue weighted by Gasteiger charge is -2.17. The van der Waals surface area contributed by atoms with Gasteiger partial charge in [-0.05, 0) is 19.8 Å².